The Balaban J connectivity index is 1.48. The maximum absolute atomic E-state index is 12.6. The first-order valence-electron chi connectivity index (χ1n) is 8.18. The van der Waals surface area contributed by atoms with Gasteiger partial charge in [0.25, 0.3) is 5.91 Å². The van der Waals surface area contributed by atoms with Gasteiger partial charge in [-0.3, -0.25) is 9.69 Å². The number of hydrogen-bond donors (Lipinski definition) is 2. The van der Waals surface area contributed by atoms with E-state index in [1.807, 2.05) is 42.5 Å². The van der Waals surface area contributed by atoms with Gasteiger partial charge in [0.1, 0.15) is 17.2 Å². The molecule has 1 amide bonds. The lowest BCUT2D eigenvalue weighted by Crippen LogP contribution is -2.32. The van der Waals surface area contributed by atoms with Crippen LogP contribution in [0.15, 0.2) is 65.1 Å². The Kier molecular flexibility index (Phi) is 4.37. The molecule has 6 nitrogen and oxygen atoms in total. The molecule has 1 aliphatic rings. The molecule has 2 N–H and O–H groups in total. The van der Waals surface area contributed by atoms with E-state index >= 15 is 0 Å². The molecule has 1 saturated heterocycles. The number of furan rings is 1. The second-order valence-electron chi connectivity index (χ2n) is 5.84. The Morgan fingerprint density at radius 2 is 2.04 bits per heavy atom. The van der Waals surface area contributed by atoms with Crippen LogP contribution in [0, 0.1) is 0 Å². The molecule has 3 heterocycles. The zero-order valence-corrected chi connectivity index (χ0v) is 14.6. The third kappa shape index (κ3) is 3.29. The molecular weight excluding hydrogens is 348 g/mol. The van der Waals surface area contributed by atoms with E-state index < -0.39 is 0 Å². The van der Waals surface area contributed by atoms with Gasteiger partial charge in [-0.1, -0.05) is 30.3 Å². The molecule has 130 valence electrons. The molecule has 26 heavy (non-hydrogen) atoms. The van der Waals surface area contributed by atoms with Crippen LogP contribution in [0.4, 0.5) is 0 Å². The number of carbonyl (C=O) groups is 1. The maximum Gasteiger partial charge on any atom is 0.276 e. The summed E-state index contributed by atoms with van der Waals surface area (Å²) in [5.41, 5.74) is 2.35. The van der Waals surface area contributed by atoms with E-state index in [1.165, 1.54) is 0 Å². The van der Waals surface area contributed by atoms with Crippen molar-refractivity contribution < 1.29 is 9.21 Å². The molecule has 0 spiro atoms. The minimum absolute atomic E-state index is 0.160. The van der Waals surface area contributed by atoms with E-state index in [0.717, 1.165) is 17.0 Å². The van der Waals surface area contributed by atoms with Gasteiger partial charge in [-0.2, -0.15) is 0 Å². The molecule has 1 fully saturated rings. The van der Waals surface area contributed by atoms with Crippen molar-refractivity contribution in [2.24, 2.45) is 0 Å². The monoisotopic (exact) mass is 364 g/mol. The summed E-state index contributed by atoms with van der Waals surface area (Å²) in [6, 6.07) is 13.5. The largest absolute Gasteiger partial charge is 0.457 e. The molecule has 0 atom stereocenters. The molecule has 0 unspecified atom stereocenters. The third-order valence-electron chi connectivity index (χ3n) is 4.09. The summed E-state index contributed by atoms with van der Waals surface area (Å²) in [6.07, 6.45) is 5.68. The minimum atomic E-state index is -0.160. The smallest absolute Gasteiger partial charge is 0.276 e. The van der Waals surface area contributed by atoms with Crippen LogP contribution in [0.5, 0.6) is 0 Å². The number of rotatable bonds is 5. The van der Waals surface area contributed by atoms with Gasteiger partial charge in [0.2, 0.25) is 0 Å². The van der Waals surface area contributed by atoms with Gasteiger partial charge >= 0.3 is 0 Å². The fourth-order valence-corrected chi connectivity index (χ4v) is 3.04. The van der Waals surface area contributed by atoms with Gasteiger partial charge in [0.15, 0.2) is 5.11 Å². The molecule has 0 bridgehead atoms. The normalized spacial score (nSPS) is 15.7. The number of benzene rings is 1. The minimum Gasteiger partial charge on any atom is -0.457 e. The van der Waals surface area contributed by atoms with Crippen molar-refractivity contribution >= 4 is 29.3 Å². The fourth-order valence-electron chi connectivity index (χ4n) is 2.76. The van der Waals surface area contributed by atoms with Gasteiger partial charge in [0.05, 0.1) is 6.33 Å². The second kappa shape index (κ2) is 6.97. The number of aromatic nitrogens is 2. The molecule has 1 aliphatic heterocycles. The first-order chi connectivity index (χ1) is 12.7. The first-order valence-corrected chi connectivity index (χ1v) is 8.58. The molecule has 0 saturated carbocycles. The number of amides is 1. The molecule has 1 aromatic carbocycles. The summed E-state index contributed by atoms with van der Waals surface area (Å²) < 4.78 is 5.83. The van der Waals surface area contributed by atoms with E-state index in [0.29, 0.717) is 29.5 Å². The Bertz CT molecular complexity index is 961. The Morgan fingerprint density at radius 1 is 1.19 bits per heavy atom. The summed E-state index contributed by atoms with van der Waals surface area (Å²) >= 11 is 5.28. The summed E-state index contributed by atoms with van der Waals surface area (Å²) in [7, 11) is 0. The van der Waals surface area contributed by atoms with Crippen LogP contribution in [0.1, 0.15) is 11.5 Å². The average Bonchev–Trinajstić information content (AvgIpc) is 3.38. The van der Waals surface area contributed by atoms with Gasteiger partial charge in [-0.05, 0) is 24.4 Å². The van der Waals surface area contributed by atoms with E-state index in [-0.39, 0.29) is 5.91 Å². The van der Waals surface area contributed by atoms with Crippen LogP contribution in [0.25, 0.3) is 17.4 Å². The highest BCUT2D eigenvalue weighted by molar-refractivity contribution is 7.80. The lowest BCUT2D eigenvalue weighted by atomic mass is 10.2. The van der Waals surface area contributed by atoms with Crippen molar-refractivity contribution in [2.45, 2.75) is 6.42 Å². The topological polar surface area (TPSA) is 74.2 Å². The molecule has 2 aromatic heterocycles. The number of nitrogens with zero attached hydrogens (tertiary/aromatic N) is 2. The molecule has 3 aromatic rings. The van der Waals surface area contributed by atoms with Crippen LogP contribution < -0.4 is 5.32 Å². The quantitative estimate of drug-likeness (QED) is 0.538. The summed E-state index contributed by atoms with van der Waals surface area (Å²) in [6.45, 7) is 0.484. The Morgan fingerprint density at radius 3 is 2.81 bits per heavy atom. The number of imidazole rings is 1. The second-order valence-corrected chi connectivity index (χ2v) is 6.23. The van der Waals surface area contributed by atoms with Crippen molar-refractivity contribution in [1.82, 2.24) is 20.2 Å². The zero-order valence-electron chi connectivity index (χ0n) is 13.8. The van der Waals surface area contributed by atoms with Crippen LogP contribution in [-0.2, 0) is 11.2 Å². The Hall–Kier alpha value is -3.19. The summed E-state index contributed by atoms with van der Waals surface area (Å²) in [5.74, 6) is 1.19. The lowest BCUT2D eigenvalue weighted by molar-refractivity contribution is -0.122. The van der Waals surface area contributed by atoms with Crippen LogP contribution in [0.2, 0.25) is 0 Å². The highest BCUT2D eigenvalue weighted by Gasteiger charge is 2.30. The zero-order chi connectivity index (χ0) is 17.9. The van der Waals surface area contributed by atoms with Crippen LogP contribution >= 0.6 is 12.2 Å². The lowest BCUT2D eigenvalue weighted by Gasteiger charge is -2.12. The van der Waals surface area contributed by atoms with Crippen molar-refractivity contribution in [3.8, 4) is 11.3 Å². The number of aromatic amines is 1. The standard InChI is InChI=1S/C19H16N4O2S/c24-18-16(22-19(26)23(18)9-8-14-11-20-12-21-14)10-15-6-7-17(25-15)13-4-2-1-3-5-13/h1-7,10-12H,8-9H2,(H,20,21)(H,22,26)/b16-10-. The summed E-state index contributed by atoms with van der Waals surface area (Å²) in [4.78, 5) is 21.1. The number of nitrogens with one attached hydrogen (secondary N) is 2. The maximum atomic E-state index is 12.6. The van der Waals surface area contributed by atoms with Gasteiger partial charge in [-0.25, -0.2) is 4.98 Å². The van der Waals surface area contributed by atoms with Crippen molar-refractivity contribution in [2.75, 3.05) is 6.54 Å². The number of thiocarbonyl (C=S) groups is 1. The number of hydrogen-bond acceptors (Lipinski definition) is 4. The average molecular weight is 364 g/mol. The molecule has 0 aliphatic carbocycles. The van der Waals surface area contributed by atoms with Crippen molar-refractivity contribution in [3.63, 3.8) is 0 Å². The van der Waals surface area contributed by atoms with E-state index in [9.17, 15) is 4.79 Å². The first kappa shape index (κ1) is 16.3. The third-order valence-corrected chi connectivity index (χ3v) is 4.42. The predicted octanol–water partition coefficient (Wildman–Crippen LogP) is 2.97. The molecular formula is C19H16N4O2S. The van der Waals surface area contributed by atoms with E-state index in [4.69, 9.17) is 16.6 Å². The summed E-state index contributed by atoms with van der Waals surface area (Å²) in [5, 5.41) is 3.36. The predicted molar refractivity (Wildman–Crippen MR) is 102 cm³/mol. The fraction of sp³-hybridized carbons (Fsp3) is 0.105. The van der Waals surface area contributed by atoms with E-state index in [2.05, 4.69) is 15.3 Å². The highest BCUT2D eigenvalue weighted by Crippen LogP contribution is 2.24. The molecule has 7 heteroatoms. The van der Waals surface area contributed by atoms with Crippen molar-refractivity contribution in [3.05, 3.63) is 72.1 Å². The van der Waals surface area contributed by atoms with Gasteiger partial charge in [0, 0.05) is 36.5 Å². The molecule has 4 rings (SSSR count). The number of H-pyrrole nitrogens is 1. The Labute approximate surface area is 155 Å². The van der Waals surface area contributed by atoms with Crippen molar-refractivity contribution in [1.29, 1.82) is 0 Å². The van der Waals surface area contributed by atoms with Crippen LogP contribution in [-0.4, -0.2) is 32.4 Å². The number of carbonyl (C=O) groups excluding carboxylic acids is 1. The SMILES string of the molecule is O=C1/C(=C/c2ccc(-c3ccccc3)o2)NC(=S)N1CCc1cnc[nH]1. The van der Waals surface area contributed by atoms with E-state index in [1.54, 1.807) is 23.5 Å². The highest BCUT2D eigenvalue weighted by atomic mass is 32.1. The van der Waals surface area contributed by atoms with Gasteiger partial charge in [-0.15, -0.1) is 0 Å². The van der Waals surface area contributed by atoms with Crippen LogP contribution in [0.3, 0.4) is 0 Å². The van der Waals surface area contributed by atoms with Gasteiger partial charge < -0.3 is 14.7 Å². The molecule has 0 radical (unpaired) electrons.